The van der Waals surface area contributed by atoms with Crippen molar-refractivity contribution < 1.29 is 28.8 Å². The van der Waals surface area contributed by atoms with E-state index in [-0.39, 0.29) is 12.4 Å². The van der Waals surface area contributed by atoms with Crippen LogP contribution in [0.2, 0.25) is 0 Å². The second-order valence-corrected chi connectivity index (χ2v) is 8.23. The first-order chi connectivity index (χ1) is 15.3. The second-order valence-electron chi connectivity index (χ2n) is 8.23. The van der Waals surface area contributed by atoms with Crippen LogP contribution in [0.3, 0.4) is 0 Å². The highest BCUT2D eigenvalue weighted by atomic mass is 19.1. The second kappa shape index (κ2) is 8.93. The van der Waals surface area contributed by atoms with Crippen LogP contribution in [0.4, 0.5) is 14.9 Å². The number of urea groups is 1. The number of amidine groups is 2. The molecule has 0 aromatic heterocycles. The fourth-order valence-electron chi connectivity index (χ4n) is 4.33. The first-order valence-corrected chi connectivity index (χ1v) is 10.6. The largest absolute Gasteiger partial charge is 0.394 e. The molecule has 3 heterocycles. The Morgan fingerprint density at radius 2 is 1.84 bits per heavy atom. The molecule has 2 atom stereocenters. The summed E-state index contributed by atoms with van der Waals surface area (Å²) in [5.41, 5.74) is 0.577. The van der Waals surface area contributed by atoms with Gasteiger partial charge in [0.25, 0.3) is 17.8 Å². The summed E-state index contributed by atoms with van der Waals surface area (Å²) in [6.45, 7) is 2.55. The molecule has 2 saturated heterocycles. The van der Waals surface area contributed by atoms with Crippen LogP contribution in [0.25, 0.3) is 0 Å². The number of aliphatic hydroxyl groups is 2. The van der Waals surface area contributed by atoms with Gasteiger partial charge in [-0.2, -0.15) is 0 Å². The first-order valence-electron chi connectivity index (χ1n) is 10.6. The van der Waals surface area contributed by atoms with Crippen molar-refractivity contribution in [2.75, 3.05) is 64.9 Å². The number of likely N-dealkylation sites (N-methyl/N-ethyl adjacent to an activating group) is 2. The maximum atomic E-state index is 14.1. The van der Waals surface area contributed by atoms with Crippen molar-refractivity contribution in [3.8, 4) is 0 Å². The van der Waals surface area contributed by atoms with E-state index >= 15 is 0 Å². The fourth-order valence-corrected chi connectivity index (χ4v) is 4.33. The highest BCUT2D eigenvalue weighted by Crippen LogP contribution is 2.22. The minimum atomic E-state index is -1.06. The number of benzene rings is 1. The molecule has 0 radical (unpaired) electrons. The van der Waals surface area contributed by atoms with Crippen molar-refractivity contribution in [3.05, 3.63) is 30.1 Å². The zero-order chi connectivity index (χ0) is 23.0. The fraction of sp³-hybridized carbons (Fsp3) is 0.524. The molecule has 0 aliphatic carbocycles. The van der Waals surface area contributed by atoms with Crippen molar-refractivity contribution in [1.29, 1.82) is 0 Å². The van der Waals surface area contributed by atoms with Crippen LogP contribution < -0.4 is 4.90 Å². The SMILES string of the molecule is CN1C(=O)C2C(=NC(CN3CCN(c4ccccc4F)CC3)=[N+]2CC(O)CO)N(C)C1=O. The number of hydrogen-bond acceptors (Lipinski definition) is 7. The lowest BCUT2D eigenvalue weighted by Gasteiger charge is -2.35. The topological polar surface area (TPSA) is 103 Å². The number of carbonyl (C=O) groups is 2. The van der Waals surface area contributed by atoms with Gasteiger partial charge in [-0.25, -0.2) is 13.8 Å². The maximum Gasteiger partial charge on any atom is 0.333 e. The summed E-state index contributed by atoms with van der Waals surface area (Å²) in [5, 5.41) is 19.4. The van der Waals surface area contributed by atoms with Gasteiger partial charge in [-0.15, -0.1) is 0 Å². The number of carbonyl (C=O) groups excluding carboxylic acids is 2. The lowest BCUT2D eigenvalue weighted by molar-refractivity contribution is -0.545. The highest BCUT2D eigenvalue weighted by molar-refractivity contribution is 6.23. The third kappa shape index (κ3) is 3.98. The Balaban J connectivity index is 1.53. The van der Waals surface area contributed by atoms with E-state index in [0.29, 0.717) is 50.1 Å². The van der Waals surface area contributed by atoms with E-state index in [1.807, 2.05) is 11.0 Å². The molecule has 2 fully saturated rings. The van der Waals surface area contributed by atoms with E-state index in [4.69, 9.17) is 0 Å². The summed E-state index contributed by atoms with van der Waals surface area (Å²) in [4.78, 5) is 36.3. The zero-order valence-electron chi connectivity index (χ0n) is 18.2. The van der Waals surface area contributed by atoms with Crippen LogP contribution in [-0.4, -0.2) is 125 Å². The standard InChI is InChI=1S/C21H28FN6O4/c1-24-19-18(20(31)25(2)21(24)32)28(11-14(30)13-29)17(23-19)12-26-7-9-27(10-8-26)16-6-4-3-5-15(16)22/h3-6,14,18,29-30H,7-13H2,1-2H3/q+1. The molecule has 4 rings (SSSR count). The van der Waals surface area contributed by atoms with Crippen LogP contribution >= 0.6 is 0 Å². The van der Waals surface area contributed by atoms with Crippen LogP contribution in [0.15, 0.2) is 29.3 Å². The van der Waals surface area contributed by atoms with Crippen LogP contribution in [0, 0.1) is 5.82 Å². The van der Waals surface area contributed by atoms with Crippen LogP contribution in [0.5, 0.6) is 0 Å². The summed E-state index contributed by atoms with van der Waals surface area (Å²) < 4.78 is 15.8. The number of fused-ring (bicyclic) bond motifs is 1. The number of β-amino-alcohol motifs (C(OH)–C–C–N with tert-alkyl or cyclic N) is 1. The number of amides is 3. The van der Waals surface area contributed by atoms with Gasteiger partial charge in [-0.05, 0) is 17.1 Å². The van der Waals surface area contributed by atoms with Gasteiger partial charge in [0, 0.05) is 40.3 Å². The Kier molecular flexibility index (Phi) is 6.22. The van der Waals surface area contributed by atoms with Gasteiger partial charge in [-0.1, -0.05) is 12.1 Å². The number of aliphatic imine (C=N–C) groups is 1. The van der Waals surface area contributed by atoms with E-state index in [2.05, 4.69) is 9.89 Å². The van der Waals surface area contributed by atoms with Gasteiger partial charge < -0.3 is 15.1 Å². The maximum absolute atomic E-state index is 14.1. The van der Waals surface area contributed by atoms with Gasteiger partial charge in [0.2, 0.25) is 0 Å². The van der Waals surface area contributed by atoms with Crippen molar-refractivity contribution in [3.63, 3.8) is 0 Å². The molecule has 0 spiro atoms. The molecule has 1 aromatic rings. The van der Waals surface area contributed by atoms with E-state index in [1.165, 1.54) is 18.0 Å². The van der Waals surface area contributed by atoms with Crippen molar-refractivity contribution in [2.45, 2.75) is 12.1 Å². The molecule has 10 nitrogen and oxygen atoms in total. The number of para-hydroxylation sites is 1. The van der Waals surface area contributed by atoms with E-state index in [9.17, 15) is 24.2 Å². The molecule has 11 heteroatoms. The number of rotatable bonds is 6. The van der Waals surface area contributed by atoms with Crippen molar-refractivity contribution in [2.24, 2.45) is 4.99 Å². The average molecular weight is 447 g/mol. The monoisotopic (exact) mass is 447 g/mol. The molecule has 0 saturated carbocycles. The number of aliphatic hydroxyl groups excluding tert-OH is 2. The number of imide groups is 1. The molecule has 3 amide bonds. The highest BCUT2D eigenvalue weighted by Gasteiger charge is 2.53. The summed E-state index contributed by atoms with van der Waals surface area (Å²) >= 11 is 0. The quantitative estimate of drug-likeness (QED) is 0.544. The Labute approximate surface area is 185 Å². The van der Waals surface area contributed by atoms with Crippen molar-refractivity contribution >= 4 is 29.3 Å². The van der Waals surface area contributed by atoms with E-state index < -0.39 is 30.7 Å². The zero-order valence-corrected chi connectivity index (χ0v) is 18.2. The third-order valence-corrected chi connectivity index (χ3v) is 6.16. The Morgan fingerprint density at radius 1 is 1.16 bits per heavy atom. The van der Waals surface area contributed by atoms with Gasteiger partial charge in [0.15, 0.2) is 0 Å². The Bertz CT molecular complexity index is 975. The predicted octanol–water partition coefficient (Wildman–Crippen LogP) is -0.984. The third-order valence-electron chi connectivity index (χ3n) is 6.16. The molecular weight excluding hydrogens is 419 g/mol. The Morgan fingerprint density at radius 3 is 2.50 bits per heavy atom. The normalized spacial score (nSPS) is 23.1. The molecule has 2 N–H and O–H groups in total. The molecule has 2 unspecified atom stereocenters. The average Bonchev–Trinajstić information content (AvgIpc) is 3.15. The van der Waals surface area contributed by atoms with Crippen molar-refractivity contribution in [1.82, 2.24) is 14.7 Å². The minimum absolute atomic E-state index is 0.0142. The smallest absolute Gasteiger partial charge is 0.333 e. The van der Waals surface area contributed by atoms with Crippen LogP contribution in [-0.2, 0) is 4.79 Å². The number of hydrogen-bond donors (Lipinski definition) is 2. The van der Waals surface area contributed by atoms with Gasteiger partial charge in [-0.3, -0.25) is 19.5 Å². The van der Waals surface area contributed by atoms with E-state index in [0.717, 1.165) is 4.90 Å². The molecule has 0 bridgehead atoms. The van der Waals surface area contributed by atoms with Gasteiger partial charge in [0.05, 0.1) is 12.3 Å². The van der Waals surface area contributed by atoms with Gasteiger partial charge in [0.1, 0.15) is 25.0 Å². The number of halogens is 1. The predicted molar refractivity (Wildman–Crippen MR) is 115 cm³/mol. The molecular formula is C21H28FN6O4+. The minimum Gasteiger partial charge on any atom is -0.394 e. The number of piperazine rings is 1. The summed E-state index contributed by atoms with van der Waals surface area (Å²) in [6.07, 6.45) is -1.06. The number of anilines is 1. The molecule has 32 heavy (non-hydrogen) atoms. The number of nitrogens with zero attached hydrogens (tertiary/aromatic N) is 6. The summed E-state index contributed by atoms with van der Waals surface area (Å²) in [7, 11) is 2.98. The Hall–Kier alpha value is -2.89. The molecule has 3 aliphatic rings. The molecule has 172 valence electrons. The lowest BCUT2D eigenvalue weighted by atomic mass is 10.1. The summed E-state index contributed by atoms with van der Waals surface area (Å²) in [6, 6.07) is 5.41. The summed E-state index contributed by atoms with van der Waals surface area (Å²) in [5.74, 6) is 0.209. The first kappa shape index (κ1) is 22.3. The molecule has 1 aromatic carbocycles. The molecule has 3 aliphatic heterocycles. The lowest BCUT2D eigenvalue weighted by Crippen LogP contribution is -2.62. The van der Waals surface area contributed by atoms with Gasteiger partial charge >= 0.3 is 11.9 Å². The van der Waals surface area contributed by atoms with Crippen LogP contribution in [0.1, 0.15) is 0 Å². The van der Waals surface area contributed by atoms with E-state index in [1.54, 1.807) is 23.8 Å².